The van der Waals surface area contributed by atoms with Crippen LogP contribution in [0.5, 0.6) is 5.75 Å². The zero-order chi connectivity index (χ0) is 25.3. The number of hydrogen-bond acceptors (Lipinski definition) is 2. The first-order chi connectivity index (χ1) is 17.6. The predicted molar refractivity (Wildman–Crippen MR) is 143 cm³/mol. The lowest BCUT2D eigenvalue weighted by Crippen LogP contribution is -2.31. The predicted octanol–water partition coefficient (Wildman–Crippen LogP) is 9.63. The molecule has 3 aliphatic rings. The van der Waals surface area contributed by atoms with Crippen molar-refractivity contribution in [2.45, 2.75) is 129 Å². The second-order valence-corrected chi connectivity index (χ2v) is 12.1. The first-order valence-corrected chi connectivity index (χ1v) is 15.3. The van der Waals surface area contributed by atoms with Crippen LogP contribution < -0.4 is 4.74 Å². The van der Waals surface area contributed by atoms with Gasteiger partial charge in [0.15, 0.2) is 11.6 Å². The van der Waals surface area contributed by atoms with E-state index in [4.69, 9.17) is 9.47 Å². The van der Waals surface area contributed by atoms with Crippen LogP contribution in [0.15, 0.2) is 12.1 Å². The molecule has 0 bridgehead atoms. The van der Waals surface area contributed by atoms with Crippen LogP contribution in [0.3, 0.4) is 0 Å². The highest BCUT2D eigenvalue weighted by molar-refractivity contribution is 5.30. The summed E-state index contributed by atoms with van der Waals surface area (Å²) in [5, 5.41) is 0. The number of hydrogen-bond donors (Lipinski definition) is 0. The summed E-state index contributed by atoms with van der Waals surface area (Å²) in [7, 11) is 0. The lowest BCUT2D eigenvalue weighted by Gasteiger charge is -2.41. The Hall–Kier alpha value is -1.16. The van der Waals surface area contributed by atoms with Crippen molar-refractivity contribution in [3.63, 3.8) is 0 Å². The molecule has 0 atom stereocenters. The molecule has 4 rings (SSSR count). The third-order valence-corrected chi connectivity index (χ3v) is 9.88. The molecular formula is C32H50F2O2. The van der Waals surface area contributed by atoms with Crippen LogP contribution >= 0.6 is 0 Å². The fourth-order valence-electron chi connectivity index (χ4n) is 7.60. The van der Waals surface area contributed by atoms with Crippen LogP contribution in [0.4, 0.5) is 8.78 Å². The van der Waals surface area contributed by atoms with E-state index in [0.29, 0.717) is 6.61 Å². The largest absolute Gasteiger partial charge is 0.491 e. The Kier molecular flexibility index (Phi) is 10.9. The third kappa shape index (κ3) is 7.45. The summed E-state index contributed by atoms with van der Waals surface area (Å²) in [6.45, 7) is 4.52. The average Bonchev–Trinajstić information content (AvgIpc) is 2.92. The quantitative estimate of drug-likeness (QED) is 0.279. The molecule has 204 valence electrons. The maximum atomic E-state index is 14.4. The third-order valence-electron chi connectivity index (χ3n) is 9.88. The summed E-state index contributed by atoms with van der Waals surface area (Å²) in [5.41, 5.74) is 0.284. The van der Waals surface area contributed by atoms with Crippen molar-refractivity contribution in [1.82, 2.24) is 0 Å². The summed E-state index contributed by atoms with van der Waals surface area (Å²) in [4.78, 5) is 0. The van der Waals surface area contributed by atoms with Gasteiger partial charge in [-0.3, -0.25) is 0 Å². The van der Waals surface area contributed by atoms with Crippen LogP contribution in [-0.4, -0.2) is 12.7 Å². The molecule has 0 amide bonds. The summed E-state index contributed by atoms with van der Waals surface area (Å²) < 4.78 is 39.7. The lowest BCUT2D eigenvalue weighted by atomic mass is 9.65. The van der Waals surface area contributed by atoms with Gasteiger partial charge in [-0.25, -0.2) is 4.39 Å². The molecule has 3 saturated carbocycles. The van der Waals surface area contributed by atoms with Crippen LogP contribution in [0.25, 0.3) is 0 Å². The maximum Gasteiger partial charge on any atom is 0.200 e. The highest BCUT2D eigenvalue weighted by Gasteiger charge is 2.34. The van der Waals surface area contributed by atoms with E-state index < -0.39 is 11.6 Å². The fourth-order valence-corrected chi connectivity index (χ4v) is 7.60. The Labute approximate surface area is 218 Å². The van der Waals surface area contributed by atoms with E-state index in [1.165, 1.54) is 96.0 Å². The topological polar surface area (TPSA) is 18.5 Å². The number of ether oxygens (including phenoxy) is 2. The Morgan fingerprint density at radius 2 is 1.25 bits per heavy atom. The van der Waals surface area contributed by atoms with Crippen LogP contribution in [0.1, 0.15) is 122 Å². The van der Waals surface area contributed by atoms with Crippen LogP contribution in [0, 0.1) is 41.2 Å². The Balaban J connectivity index is 1.13. The second-order valence-electron chi connectivity index (χ2n) is 12.1. The minimum atomic E-state index is -0.905. The standard InChI is InChI=1S/C32H50F2O2/c1-3-5-6-7-23-8-10-24(11-9-23)25-12-14-26(15-13-25)27-16-19-29(20-17-27)36-22-28-18-21-30(35-4-2)32(34)31(28)33/h18,21,23-27,29H,3-17,19-20,22H2,1-2H3. The van der Waals surface area contributed by atoms with Crippen molar-refractivity contribution in [2.75, 3.05) is 6.61 Å². The lowest BCUT2D eigenvalue weighted by molar-refractivity contribution is -0.00527. The molecule has 4 heteroatoms. The van der Waals surface area contributed by atoms with Crippen molar-refractivity contribution < 1.29 is 18.3 Å². The van der Waals surface area contributed by atoms with Crippen molar-refractivity contribution in [3.05, 3.63) is 29.3 Å². The van der Waals surface area contributed by atoms with Gasteiger partial charge in [0.05, 0.1) is 19.3 Å². The highest BCUT2D eigenvalue weighted by atomic mass is 19.2. The fraction of sp³-hybridized carbons (Fsp3) is 0.812. The molecule has 1 aromatic carbocycles. The highest BCUT2D eigenvalue weighted by Crippen LogP contribution is 2.46. The van der Waals surface area contributed by atoms with E-state index in [1.807, 2.05) is 0 Å². The van der Waals surface area contributed by atoms with Gasteiger partial charge in [-0.2, -0.15) is 4.39 Å². The second kappa shape index (κ2) is 14.1. The summed E-state index contributed by atoms with van der Waals surface area (Å²) in [6.07, 6.45) is 22.1. The molecule has 0 aromatic heterocycles. The number of benzene rings is 1. The molecule has 0 aliphatic heterocycles. The zero-order valence-electron chi connectivity index (χ0n) is 22.9. The average molecular weight is 505 g/mol. The molecule has 0 unspecified atom stereocenters. The normalized spacial score (nSPS) is 31.3. The maximum absolute atomic E-state index is 14.4. The van der Waals surface area contributed by atoms with Crippen molar-refractivity contribution in [1.29, 1.82) is 0 Å². The zero-order valence-corrected chi connectivity index (χ0v) is 22.9. The van der Waals surface area contributed by atoms with Crippen LogP contribution in [-0.2, 0) is 11.3 Å². The van der Waals surface area contributed by atoms with E-state index >= 15 is 0 Å². The summed E-state index contributed by atoms with van der Waals surface area (Å²) >= 11 is 0. The number of unbranched alkanes of at least 4 members (excludes halogenated alkanes) is 2. The molecule has 0 saturated heterocycles. The van der Waals surface area contributed by atoms with Gasteiger partial charge in [0.25, 0.3) is 0 Å². The van der Waals surface area contributed by atoms with Gasteiger partial charge in [0.1, 0.15) is 0 Å². The van der Waals surface area contributed by atoms with Gasteiger partial charge in [-0.1, -0.05) is 45.4 Å². The Morgan fingerprint density at radius 3 is 1.81 bits per heavy atom. The van der Waals surface area contributed by atoms with E-state index in [-0.39, 0.29) is 24.0 Å². The summed E-state index contributed by atoms with van der Waals surface area (Å²) in [6, 6.07) is 3.10. The van der Waals surface area contributed by atoms with E-state index in [0.717, 1.165) is 42.4 Å². The molecule has 3 fully saturated rings. The van der Waals surface area contributed by atoms with Gasteiger partial charge in [-0.05, 0) is 113 Å². The first kappa shape index (κ1) is 27.9. The minimum absolute atomic E-state index is 0.0240. The van der Waals surface area contributed by atoms with Crippen molar-refractivity contribution >= 4 is 0 Å². The molecule has 0 radical (unpaired) electrons. The van der Waals surface area contributed by atoms with E-state index in [9.17, 15) is 8.78 Å². The minimum Gasteiger partial charge on any atom is -0.491 e. The van der Waals surface area contributed by atoms with Gasteiger partial charge >= 0.3 is 0 Å². The van der Waals surface area contributed by atoms with E-state index in [1.54, 1.807) is 13.0 Å². The Morgan fingerprint density at radius 1 is 0.694 bits per heavy atom. The Bertz CT molecular complexity index is 773. The molecule has 1 aromatic rings. The first-order valence-electron chi connectivity index (χ1n) is 15.3. The summed E-state index contributed by atoms with van der Waals surface area (Å²) in [5.74, 6) is 2.97. The number of rotatable bonds is 11. The van der Waals surface area contributed by atoms with Gasteiger partial charge in [-0.15, -0.1) is 0 Å². The molecule has 0 heterocycles. The van der Waals surface area contributed by atoms with Crippen molar-refractivity contribution in [3.8, 4) is 5.75 Å². The SMILES string of the molecule is CCCCCC1CCC(C2CCC(C3CCC(OCc4ccc(OCC)c(F)c4F)CC3)CC2)CC1. The molecule has 0 N–H and O–H groups in total. The molecule has 2 nitrogen and oxygen atoms in total. The van der Waals surface area contributed by atoms with Crippen molar-refractivity contribution in [2.24, 2.45) is 29.6 Å². The molecule has 0 spiro atoms. The van der Waals surface area contributed by atoms with Gasteiger partial charge < -0.3 is 9.47 Å². The molecular weight excluding hydrogens is 454 g/mol. The molecule has 36 heavy (non-hydrogen) atoms. The molecule has 3 aliphatic carbocycles. The van der Waals surface area contributed by atoms with E-state index in [2.05, 4.69) is 6.92 Å². The number of halogens is 2. The van der Waals surface area contributed by atoms with Crippen LogP contribution in [0.2, 0.25) is 0 Å². The smallest absolute Gasteiger partial charge is 0.200 e. The monoisotopic (exact) mass is 504 g/mol. The van der Waals surface area contributed by atoms with Gasteiger partial charge in [0.2, 0.25) is 5.82 Å². The van der Waals surface area contributed by atoms with Gasteiger partial charge in [0, 0.05) is 5.56 Å².